The van der Waals surface area contributed by atoms with Gasteiger partial charge in [-0.15, -0.1) is 4.98 Å². The second-order valence-corrected chi connectivity index (χ2v) is 3.47. The molecule has 2 rings (SSSR count). The normalized spacial score (nSPS) is 10.2. The molecule has 0 aliphatic rings. The molecule has 0 radical (unpaired) electrons. The zero-order valence-corrected chi connectivity index (χ0v) is 9.85. The summed E-state index contributed by atoms with van der Waals surface area (Å²) in [5.41, 5.74) is 6.21. The van der Waals surface area contributed by atoms with Crippen molar-refractivity contribution in [3.8, 4) is 17.8 Å². The van der Waals surface area contributed by atoms with Crippen LogP contribution in [-0.2, 0) is 0 Å². The molecule has 0 amide bonds. The second kappa shape index (κ2) is 4.82. The number of hydrogen-bond acceptors (Lipinski definition) is 6. The Bertz CT molecular complexity index is 577. The first-order valence-electron chi connectivity index (χ1n) is 5.08. The van der Waals surface area contributed by atoms with Crippen LogP contribution in [0, 0.1) is 12.7 Å². The number of hydrogen-bond donors (Lipinski definition) is 1. The van der Waals surface area contributed by atoms with Gasteiger partial charge in [0.15, 0.2) is 0 Å². The van der Waals surface area contributed by atoms with Crippen LogP contribution >= 0.6 is 0 Å². The van der Waals surface area contributed by atoms with E-state index in [1.807, 2.05) is 0 Å². The zero-order valence-electron chi connectivity index (χ0n) is 9.85. The molecule has 6 nitrogen and oxygen atoms in total. The average Bonchev–Trinajstić information content (AvgIpc) is 2.33. The predicted molar refractivity (Wildman–Crippen MR) is 62.0 cm³/mol. The standard InChI is InChI=1S/C11H11FN4O2/c1-6-3-4-7(12)5-8(6)18-11-15-9(13)14-10(16-11)17-2/h3-5H,1-2H3,(H2,13,14,15,16). The van der Waals surface area contributed by atoms with Crippen LogP contribution in [0.4, 0.5) is 10.3 Å². The number of benzene rings is 1. The minimum atomic E-state index is -0.412. The number of methoxy groups -OCH3 is 1. The first kappa shape index (κ1) is 12.0. The number of rotatable bonds is 3. The summed E-state index contributed by atoms with van der Waals surface area (Å²) in [5, 5.41) is 0. The van der Waals surface area contributed by atoms with E-state index in [2.05, 4.69) is 15.0 Å². The van der Waals surface area contributed by atoms with E-state index in [1.165, 1.54) is 19.2 Å². The van der Waals surface area contributed by atoms with Gasteiger partial charge in [0.2, 0.25) is 5.95 Å². The summed E-state index contributed by atoms with van der Waals surface area (Å²) in [6.07, 6.45) is 0. The van der Waals surface area contributed by atoms with Gasteiger partial charge in [-0.3, -0.25) is 0 Å². The lowest BCUT2D eigenvalue weighted by Gasteiger charge is -2.07. The van der Waals surface area contributed by atoms with Gasteiger partial charge in [-0.05, 0) is 18.6 Å². The summed E-state index contributed by atoms with van der Waals surface area (Å²) in [4.78, 5) is 11.3. The minimum absolute atomic E-state index is 0.0338. The van der Waals surface area contributed by atoms with E-state index in [1.54, 1.807) is 13.0 Å². The quantitative estimate of drug-likeness (QED) is 0.892. The molecule has 18 heavy (non-hydrogen) atoms. The number of anilines is 1. The summed E-state index contributed by atoms with van der Waals surface area (Å²) < 4.78 is 23.3. The highest BCUT2D eigenvalue weighted by molar-refractivity contribution is 5.35. The molecule has 1 aromatic carbocycles. The maximum Gasteiger partial charge on any atom is 0.330 e. The van der Waals surface area contributed by atoms with Crippen molar-refractivity contribution in [2.75, 3.05) is 12.8 Å². The smallest absolute Gasteiger partial charge is 0.330 e. The fourth-order valence-corrected chi connectivity index (χ4v) is 1.27. The molecule has 0 aliphatic heterocycles. The number of nitrogens with two attached hydrogens (primary N) is 1. The van der Waals surface area contributed by atoms with Crippen LogP contribution in [0.15, 0.2) is 18.2 Å². The Hall–Kier alpha value is -2.44. The van der Waals surface area contributed by atoms with Crippen molar-refractivity contribution in [1.29, 1.82) is 0 Å². The van der Waals surface area contributed by atoms with Crippen molar-refractivity contribution < 1.29 is 13.9 Å². The summed E-state index contributed by atoms with van der Waals surface area (Å²) >= 11 is 0. The van der Waals surface area contributed by atoms with Crippen molar-refractivity contribution in [3.63, 3.8) is 0 Å². The van der Waals surface area contributed by atoms with Gasteiger partial charge in [-0.1, -0.05) is 6.07 Å². The lowest BCUT2D eigenvalue weighted by atomic mass is 10.2. The summed E-state index contributed by atoms with van der Waals surface area (Å²) in [7, 11) is 1.39. The highest BCUT2D eigenvalue weighted by atomic mass is 19.1. The van der Waals surface area contributed by atoms with E-state index in [-0.39, 0.29) is 18.0 Å². The molecule has 1 aromatic heterocycles. The second-order valence-electron chi connectivity index (χ2n) is 3.47. The molecule has 94 valence electrons. The highest BCUT2D eigenvalue weighted by Gasteiger charge is 2.09. The third-order valence-corrected chi connectivity index (χ3v) is 2.15. The van der Waals surface area contributed by atoms with Crippen LogP contribution < -0.4 is 15.2 Å². The molecule has 2 aromatic rings. The van der Waals surface area contributed by atoms with Gasteiger partial charge in [0.1, 0.15) is 11.6 Å². The Morgan fingerprint density at radius 3 is 2.61 bits per heavy atom. The van der Waals surface area contributed by atoms with Gasteiger partial charge in [-0.25, -0.2) is 4.39 Å². The van der Waals surface area contributed by atoms with Gasteiger partial charge in [0.25, 0.3) is 0 Å². The van der Waals surface area contributed by atoms with E-state index in [4.69, 9.17) is 15.2 Å². The van der Waals surface area contributed by atoms with Crippen molar-refractivity contribution in [3.05, 3.63) is 29.6 Å². The van der Waals surface area contributed by atoms with E-state index >= 15 is 0 Å². The Labute approximate surface area is 103 Å². The van der Waals surface area contributed by atoms with E-state index in [9.17, 15) is 4.39 Å². The summed E-state index contributed by atoms with van der Waals surface area (Å²) in [6, 6.07) is 4.15. The van der Waals surface area contributed by atoms with Crippen molar-refractivity contribution in [2.45, 2.75) is 6.92 Å². The maximum absolute atomic E-state index is 13.1. The van der Waals surface area contributed by atoms with E-state index in [0.717, 1.165) is 5.56 Å². The molecule has 0 fully saturated rings. The monoisotopic (exact) mass is 250 g/mol. The Morgan fingerprint density at radius 1 is 1.17 bits per heavy atom. The fraction of sp³-hybridized carbons (Fsp3) is 0.182. The average molecular weight is 250 g/mol. The van der Waals surface area contributed by atoms with Gasteiger partial charge in [0.05, 0.1) is 7.11 Å². The first-order chi connectivity index (χ1) is 8.58. The Morgan fingerprint density at radius 2 is 1.89 bits per heavy atom. The van der Waals surface area contributed by atoms with Crippen LogP contribution in [0.3, 0.4) is 0 Å². The number of halogens is 1. The van der Waals surface area contributed by atoms with Crippen molar-refractivity contribution >= 4 is 5.95 Å². The summed E-state index contributed by atoms with van der Waals surface area (Å²) in [6.45, 7) is 1.77. The number of nitrogen functional groups attached to an aromatic ring is 1. The molecule has 0 saturated carbocycles. The largest absolute Gasteiger partial charge is 0.467 e. The molecule has 0 bridgehead atoms. The number of aryl methyl sites for hydroxylation is 1. The van der Waals surface area contributed by atoms with Crippen LogP contribution in [0.1, 0.15) is 5.56 Å². The number of aromatic nitrogens is 3. The molecule has 0 spiro atoms. The van der Waals surface area contributed by atoms with Crippen molar-refractivity contribution in [2.24, 2.45) is 0 Å². The molecule has 0 saturated heterocycles. The van der Waals surface area contributed by atoms with Gasteiger partial charge < -0.3 is 15.2 Å². The Balaban J connectivity index is 2.33. The fourth-order valence-electron chi connectivity index (χ4n) is 1.27. The predicted octanol–water partition coefficient (Wildman–Crippen LogP) is 1.70. The third-order valence-electron chi connectivity index (χ3n) is 2.15. The van der Waals surface area contributed by atoms with Crippen LogP contribution in [0.25, 0.3) is 0 Å². The van der Waals surface area contributed by atoms with Gasteiger partial charge >= 0.3 is 12.0 Å². The molecular weight excluding hydrogens is 239 g/mol. The van der Waals surface area contributed by atoms with Gasteiger partial charge in [-0.2, -0.15) is 9.97 Å². The lowest BCUT2D eigenvalue weighted by molar-refractivity contribution is 0.359. The Kier molecular flexibility index (Phi) is 3.22. The van der Waals surface area contributed by atoms with Crippen LogP contribution in [-0.4, -0.2) is 22.1 Å². The SMILES string of the molecule is COc1nc(N)nc(Oc2cc(F)ccc2C)n1. The van der Waals surface area contributed by atoms with Crippen LogP contribution in [0.5, 0.6) is 17.8 Å². The molecule has 1 heterocycles. The van der Waals surface area contributed by atoms with E-state index in [0.29, 0.717) is 5.75 Å². The molecular formula is C11H11FN4O2. The first-order valence-corrected chi connectivity index (χ1v) is 5.08. The highest BCUT2D eigenvalue weighted by Crippen LogP contribution is 2.24. The topological polar surface area (TPSA) is 83.2 Å². The number of ether oxygens (including phenoxy) is 2. The molecule has 7 heteroatoms. The third kappa shape index (κ3) is 2.62. The molecule has 0 atom stereocenters. The zero-order chi connectivity index (χ0) is 13.1. The molecule has 2 N–H and O–H groups in total. The lowest BCUT2D eigenvalue weighted by Crippen LogP contribution is -2.03. The minimum Gasteiger partial charge on any atom is -0.467 e. The van der Waals surface area contributed by atoms with Gasteiger partial charge in [0, 0.05) is 6.07 Å². The molecule has 0 aliphatic carbocycles. The molecule has 0 unspecified atom stereocenters. The maximum atomic E-state index is 13.1. The van der Waals surface area contributed by atoms with Crippen LogP contribution in [0.2, 0.25) is 0 Å². The van der Waals surface area contributed by atoms with Crippen molar-refractivity contribution in [1.82, 2.24) is 15.0 Å². The van der Waals surface area contributed by atoms with E-state index < -0.39 is 5.82 Å². The number of nitrogens with zero attached hydrogens (tertiary/aromatic N) is 3. The summed E-state index contributed by atoms with van der Waals surface area (Å²) in [5.74, 6) is -0.141.